The van der Waals surface area contributed by atoms with E-state index in [1.54, 1.807) is 12.1 Å². The number of rotatable bonds is 5. The van der Waals surface area contributed by atoms with Crippen molar-refractivity contribution in [2.75, 3.05) is 14.2 Å². The third-order valence-corrected chi connectivity index (χ3v) is 6.57. The summed E-state index contributed by atoms with van der Waals surface area (Å²) in [6, 6.07) is 7.17. The molecular formula is C23H21N3O8. The Kier molecular flexibility index (Phi) is 5.01. The van der Waals surface area contributed by atoms with Gasteiger partial charge in [0.2, 0.25) is 0 Å². The van der Waals surface area contributed by atoms with Crippen LogP contribution in [0.25, 0.3) is 22.3 Å². The Hall–Kier alpha value is -3.67. The molecule has 3 aromatic rings. The predicted molar refractivity (Wildman–Crippen MR) is 118 cm³/mol. The quantitative estimate of drug-likeness (QED) is 0.202. The molecule has 11 heteroatoms. The molecule has 11 nitrogen and oxygen atoms in total. The minimum atomic E-state index is -2.32. The van der Waals surface area contributed by atoms with Gasteiger partial charge in [0.1, 0.15) is 18.0 Å². The minimum absolute atomic E-state index is 0.0213. The normalized spacial score (nSPS) is 18.6. The lowest BCUT2D eigenvalue weighted by Gasteiger charge is -2.31. The second-order valence-corrected chi connectivity index (χ2v) is 8.16. The Labute approximate surface area is 192 Å². The minimum Gasteiger partial charge on any atom is -0.458 e. The van der Waals surface area contributed by atoms with Crippen LogP contribution >= 0.6 is 0 Å². The van der Waals surface area contributed by atoms with Crippen LogP contribution in [-0.4, -0.2) is 39.8 Å². The molecule has 0 aliphatic carbocycles. The van der Waals surface area contributed by atoms with Crippen molar-refractivity contribution in [1.29, 1.82) is 0 Å². The van der Waals surface area contributed by atoms with Gasteiger partial charge in [-0.15, -0.1) is 0 Å². The number of carbonyl (C=O) groups is 1. The number of nitro groups is 1. The second-order valence-electron chi connectivity index (χ2n) is 8.16. The van der Waals surface area contributed by atoms with Gasteiger partial charge in [-0.3, -0.25) is 19.5 Å². The van der Waals surface area contributed by atoms with Gasteiger partial charge in [0, 0.05) is 30.7 Å². The zero-order valence-corrected chi connectivity index (χ0v) is 18.7. The summed E-state index contributed by atoms with van der Waals surface area (Å²) < 4.78 is 17.3. The van der Waals surface area contributed by atoms with Crippen LogP contribution in [0.5, 0.6) is 0 Å². The Balaban J connectivity index is 1.95. The number of pyridine rings is 2. The largest absolute Gasteiger partial charge is 0.458 e. The molecule has 1 atom stereocenters. The SMILES string of the molecule is CCC1(O)C(=O)OCc2c1c([N+](=O)[O-])c1n(c2=O)Cc2c-1nc1ccccc1c2C(OC)OC. The van der Waals surface area contributed by atoms with E-state index < -0.39 is 40.6 Å². The smallest absolute Gasteiger partial charge is 0.343 e. The van der Waals surface area contributed by atoms with Gasteiger partial charge >= 0.3 is 11.7 Å². The van der Waals surface area contributed by atoms with Crippen molar-refractivity contribution in [2.24, 2.45) is 0 Å². The number of cyclic esters (lactones) is 1. The molecule has 176 valence electrons. The van der Waals surface area contributed by atoms with Gasteiger partial charge in [-0.05, 0) is 12.5 Å². The number of fused-ring (bicyclic) bond motifs is 5. The van der Waals surface area contributed by atoms with Gasteiger partial charge in [0.05, 0.1) is 28.1 Å². The monoisotopic (exact) mass is 467 g/mol. The Bertz CT molecular complexity index is 1440. The van der Waals surface area contributed by atoms with E-state index in [-0.39, 0.29) is 35.5 Å². The number of esters is 1. The van der Waals surface area contributed by atoms with Gasteiger partial charge in [-0.1, -0.05) is 25.1 Å². The standard InChI is InChI=1S/C23H21N3O8/c1-4-23(29)16-13(10-34-22(23)28)20(27)25-9-12-15(21(32-2)33-3)11-7-5-6-8-14(11)24-17(12)19(25)18(16)26(30)31/h5-8,21,29H,4,9-10H2,1-3H3. The van der Waals surface area contributed by atoms with Crippen LogP contribution < -0.4 is 5.56 Å². The number of benzene rings is 1. The van der Waals surface area contributed by atoms with Crippen LogP contribution in [0.15, 0.2) is 29.1 Å². The van der Waals surface area contributed by atoms with Crippen LogP contribution in [-0.2, 0) is 37.8 Å². The summed E-state index contributed by atoms with van der Waals surface area (Å²) in [5.41, 5.74) is -2.10. The maximum absolute atomic E-state index is 13.5. The highest BCUT2D eigenvalue weighted by molar-refractivity contribution is 5.92. The zero-order chi connectivity index (χ0) is 24.4. The molecule has 4 heterocycles. The predicted octanol–water partition coefficient (Wildman–Crippen LogP) is 2.28. The number of methoxy groups -OCH3 is 2. The molecule has 0 radical (unpaired) electrons. The number of carbonyl (C=O) groups excluding carboxylic acids is 1. The first-order valence-corrected chi connectivity index (χ1v) is 10.6. The first-order chi connectivity index (χ1) is 16.3. The Morgan fingerprint density at radius 2 is 1.97 bits per heavy atom. The highest BCUT2D eigenvalue weighted by Crippen LogP contribution is 2.48. The third-order valence-electron chi connectivity index (χ3n) is 6.57. The second kappa shape index (κ2) is 7.69. The summed E-state index contributed by atoms with van der Waals surface area (Å²) in [7, 11) is 2.94. The molecule has 2 aliphatic heterocycles. The molecule has 2 aromatic heterocycles. The Morgan fingerprint density at radius 1 is 1.26 bits per heavy atom. The fourth-order valence-corrected chi connectivity index (χ4v) is 4.98. The molecule has 0 spiro atoms. The van der Waals surface area contributed by atoms with Gasteiger partial charge in [-0.2, -0.15) is 0 Å². The van der Waals surface area contributed by atoms with E-state index in [2.05, 4.69) is 4.98 Å². The van der Waals surface area contributed by atoms with Crippen molar-refractivity contribution < 1.29 is 29.0 Å². The van der Waals surface area contributed by atoms with Crippen molar-refractivity contribution >= 4 is 22.6 Å². The van der Waals surface area contributed by atoms with Crippen molar-refractivity contribution in [2.45, 2.75) is 38.4 Å². The molecule has 1 N–H and O–H groups in total. The molecule has 1 unspecified atom stereocenters. The van der Waals surface area contributed by atoms with E-state index in [1.807, 2.05) is 12.1 Å². The molecule has 0 bridgehead atoms. The first kappa shape index (κ1) is 22.1. The van der Waals surface area contributed by atoms with Crippen LogP contribution in [0.2, 0.25) is 0 Å². The van der Waals surface area contributed by atoms with E-state index in [4.69, 9.17) is 14.2 Å². The average Bonchev–Trinajstić information content (AvgIpc) is 3.21. The van der Waals surface area contributed by atoms with Gasteiger partial charge in [-0.25, -0.2) is 9.78 Å². The van der Waals surface area contributed by atoms with Crippen LogP contribution in [0.1, 0.15) is 41.9 Å². The van der Waals surface area contributed by atoms with E-state index in [0.717, 1.165) is 0 Å². The van der Waals surface area contributed by atoms with Crippen LogP contribution in [0.3, 0.4) is 0 Å². The summed E-state index contributed by atoms with van der Waals surface area (Å²) in [5.74, 6) is -1.03. The van der Waals surface area contributed by atoms with Crippen LogP contribution in [0, 0.1) is 10.1 Å². The fraction of sp³-hybridized carbons (Fsp3) is 0.348. The molecule has 34 heavy (non-hydrogen) atoms. The number of ether oxygens (including phenoxy) is 3. The molecule has 0 saturated heterocycles. The molecule has 0 saturated carbocycles. The zero-order valence-electron chi connectivity index (χ0n) is 18.7. The van der Waals surface area contributed by atoms with Crippen LogP contribution in [0.4, 0.5) is 5.69 Å². The number of nitrogens with zero attached hydrogens (tertiary/aromatic N) is 3. The average molecular weight is 467 g/mol. The third kappa shape index (κ3) is 2.77. The molecule has 0 amide bonds. The van der Waals surface area contributed by atoms with Crippen molar-refractivity contribution in [1.82, 2.24) is 9.55 Å². The lowest BCUT2D eigenvalue weighted by Crippen LogP contribution is -2.45. The Morgan fingerprint density at radius 3 is 2.62 bits per heavy atom. The van der Waals surface area contributed by atoms with E-state index in [9.17, 15) is 24.8 Å². The number of hydrogen-bond donors (Lipinski definition) is 1. The number of aromatic nitrogens is 2. The molecule has 1 aromatic carbocycles. The summed E-state index contributed by atoms with van der Waals surface area (Å²) in [6.45, 7) is 1.00. The highest BCUT2D eigenvalue weighted by atomic mass is 16.7. The number of aliphatic hydroxyl groups is 1. The summed E-state index contributed by atoms with van der Waals surface area (Å²) in [5, 5.41) is 24.3. The van der Waals surface area contributed by atoms with E-state index in [0.29, 0.717) is 22.0 Å². The summed E-state index contributed by atoms with van der Waals surface area (Å²) >= 11 is 0. The lowest BCUT2D eigenvalue weighted by molar-refractivity contribution is -0.386. The van der Waals surface area contributed by atoms with E-state index >= 15 is 0 Å². The maximum atomic E-state index is 13.5. The first-order valence-electron chi connectivity index (χ1n) is 10.6. The van der Waals surface area contributed by atoms with E-state index in [1.165, 1.54) is 25.7 Å². The lowest BCUT2D eigenvalue weighted by atomic mass is 9.84. The summed E-state index contributed by atoms with van der Waals surface area (Å²) in [6.07, 6.45) is -1.03. The van der Waals surface area contributed by atoms with Crippen molar-refractivity contribution in [3.05, 3.63) is 67.0 Å². The van der Waals surface area contributed by atoms with Crippen molar-refractivity contribution in [3.63, 3.8) is 0 Å². The van der Waals surface area contributed by atoms with Gasteiger partial charge < -0.3 is 19.3 Å². The number of hydrogen-bond acceptors (Lipinski definition) is 9. The topological polar surface area (TPSA) is 143 Å². The molecule has 2 aliphatic rings. The van der Waals surface area contributed by atoms with Gasteiger partial charge in [0.25, 0.3) is 5.56 Å². The molecular weight excluding hydrogens is 446 g/mol. The van der Waals surface area contributed by atoms with Crippen molar-refractivity contribution in [3.8, 4) is 11.4 Å². The fourth-order valence-electron chi connectivity index (χ4n) is 4.98. The highest BCUT2D eigenvalue weighted by Gasteiger charge is 2.52. The van der Waals surface area contributed by atoms with Gasteiger partial charge in [0.15, 0.2) is 11.9 Å². The molecule has 0 fully saturated rings. The number of para-hydroxylation sites is 1. The maximum Gasteiger partial charge on any atom is 0.343 e. The molecule has 5 rings (SSSR count). The summed E-state index contributed by atoms with van der Waals surface area (Å²) in [4.78, 5) is 42.4.